The minimum atomic E-state index is -2.23. The number of hydrogen-bond acceptors (Lipinski definition) is 6. The maximum atomic E-state index is 14.8. The summed E-state index contributed by atoms with van der Waals surface area (Å²) in [5, 5.41) is 19.2. The molecule has 8 nitrogen and oxygen atoms in total. The fraction of sp³-hybridized carbons (Fsp3) is 0.382. The third-order valence-corrected chi connectivity index (χ3v) is 14.6. The predicted molar refractivity (Wildman–Crippen MR) is 182 cm³/mol. The summed E-state index contributed by atoms with van der Waals surface area (Å²) in [5.41, 5.74) is 2.81. The Morgan fingerprint density at radius 1 is 1.09 bits per heavy atom. The van der Waals surface area contributed by atoms with E-state index < -0.39 is 13.7 Å². The summed E-state index contributed by atoms with van der Waals surface area (Å²) in [6, 6.07) is 24.9. The Kier molecular flexibility index (Phi) is 8.71. The number of aliphatic hydroxyl groups excluding tert-OH is 1. The molecule has 1 saturated heterocycles. The van der Waals surface area contributed by atoms with Crippen LogP contribution in [0.2, 0.25) is 18.6 Å². The maximum Gasteiger partial charge on any atom is 0.264 e. The summed E-state index contributed by atoms with van der Waals surface area (Å²) in [5.74, 6) is 0.785. The molecule has 3 heterocycles. The molecule has 1 N–H and O–H groups in total. The number of amides is 1. The summed E-state index contributed by atoms with van der Waals surface area (Å²) in [6.45, 7) is 8.16. The normalized spacial score (nSPS) is 23.0. The predicted octanol–water partition coefficient (Wildman–Crippen LogP) is 5.28. The van der Waals surface area contributed by atoms with E-state index in [1.54, 1.807) is 7.11 Å². The molecule has 2 aliphatic rings. The highest BCUT2D eigenvalue weighted by Gasteiger charge is 2.66. The number of aryl methyl sites for hydroxylation is 1. The summed E-state index contributed by atoms with van der Waals surface area (Å²) < 4.78 is 15.6. The van der Waals surface area contributed by atoms with Gasteiger partial charge >= 0.3 is 0 Å². The Labute approximate surface area is 273 Å². The van der Waals surface area contributed by atoms with Gasteiger partial charge in [-0.1, -0.05) is 72.9 Å². The standard InChI is InChI=1S/C34H39IN4O4Si/c1-23-32(44(3,4)28-14-12-27(42-2)13-15-28)31(16-18-38-22-26(17-19-40)36-37-38)43-34(23)29-10-5-6-11-30(29)39(33(34)41)21-24-8-7-9-25(35)20-24/h5-15,20,22-23,31-32,40H,16-19,21H2,1-4H3/t23-,31+,32-,34+/m0/s1. The van der Waals surface area contributed by atoms with Gasteiger partial charge in [-0.05, 0) is 70.4 Å². The molecule has 0 saturated carbocycles. The van der Waals surface area contributed by atoms with Crippen LogP contribution in [0.15, 0.2) is 79.0 Å². The Morgan fingerprint density at radius 2 is 1.86 bits per heavy atom. The summed E-state index contributed by atoms with van der Waals surface area (Å²) in [6.07, 6.45) is 2.89. The first-order chi connectivity index (χ1) is 21.2. The molecule has 44 heavy (non-hydrogen) atoms. The zero-order chi connectivity index (χ0) is 31.1. The SMILES string of the molecule is COc1ccc([Si](C)(C)[C@@H]2[C@@H](CCn3cc(CCO)nn3)O[C@]3(C(=O)N(Cc4cccc(I)c4)c4ccccc43)[C@H]2C)cc1. The molecule has 4 atom stereocenters. The van der Waals surface area contributed by atoms with Gasteiger partial charge in [0.05, 0.1) is 39.2 Å². The van der Waals surface area contributed by atoms with E-state index in [0.717, 1.165) is 31.8 Å². The molecule has 10 heteroatoms. The van der Waals surface area contributed by atoms with Gasteiger partial charge < -0.3 is 19.5 Å². The number of aromatic nitrogens is 3. The average Bonchev–Trinajstić information content (AvgIpc) is 3.67. The molecular formula is C34H39IN4O4Si. The molecule has 6 rings (SSSR count). The Morgan fingerprint density at radius 3 is 2.59 bits per heavy atom. The number of anilines is 1. The number of carbonyl (C=O) groups is 1. The van der Waals surface area contributed by atoms with Crippen molar-refractivity contribution in [2.75, 3.05) is 18.6 Å². The average molecular weight is 723 g/mol. The van der Waals surface area contributed by atoms with E-state index in [1.165, 1.54) is 5.19 Å². The van der Waals surface area contributed by atoms with E-state index in [2.05, 4.69) is 95.4 Å². The highest BCUT2D eigenvalue weighted by Crippen LogP contribution is 2.60. The Balaban J connectivity index is 1.40. The van der Waals surface area contributed by atoms with Crippen LogP contribution in [0.4, 0.5) is 5.69 Å². The van der Waals surface area contributed by atoms with E-state index in [9.17, 15) is 9.90 Å². The van der Waals surface area contributed by atoms with Crippen LogP contribution in [-0.4, -0.2) is 53.9 Å². The number of aliphatic hydroxyl groups is 1. The molecule has 1 fully saturated rings. The van der Waals surface area contributed by atoms with Crippen molar-refractivity contribution in [1.82, 2.24) is 15.0 Å². The van der Waals surface area contributed by atoms with E-state index in [4.69, 9.17) is 9.47 Å². The fourth-order valence-electron chi connectivity index (χ4n) is 7.45. The lowest BCUT2D eigenvalue weighted by atomic mass is 9.82. The van der Waals surface area contributed by atoms with Crippen molar-refractivity contribution >= 4 is 47.4 Å². The van der Waals surface area contributed by atoms with Gasteiger partial charge in [-0.15, -0.1) is 5.10 Å². The van der Waals surface area contributed by atoms with E-state index in [-0.39, 0.29) is 30.1 Å². The lowest BCUT2D eigenvalue weighted by Gasteiger charge is -2.37. The number of halogens is 1. The molecule has 0 unspecified atom stereocenters. The zero-order valence-corrected chi connectivity index (χ0v) is 28.8. The van der Waals surface area contributed by atoms with Crippen molar-refractivity contribution in [3.8, 4) is 5.75 Å². The van der Waals surface area contributed by atoms with Crippen LogP contribution >= 0.6 is 22.6 Å². The first-order valence-electron chi connectivity index (χ1n) is 15.2. The monoisotopic (exact) mass is 722 g/mol. The van der Waals surface area contributed by atoms with Gasteiger partial charge in [0.2, 0.25) is 0 Å². The second kappa shape index (κ2) is 12.4. The Bertz CT molecular complexity index is 1640. The number of methoxy groups -OCH3 is 1. The van der Waals surface area contributed by atoms with Crippen LogP contribution in [0.1, 0.15) is 30.2 Å². The van der Waals surface area contributed by atoms with Gasteiger partial charge in [0, 0.05) is 40.8 Å². The molecule has 1 spiro atoms. The lowest BCUT2D eigenvalue weighted by molar-refractivity contribution is -0.146. The number of rotatable bonds is 10. The third-order valence-electron chi connectivity index (χ3n) is 9.57. The second-order valence-electron chi connectivity index (χ2n) is 12.4. The minimum absolute atomic E-state index is 0.0167. The van der Waals surface area contributed by atoms with Crippen molar-refractivity contribution in [2.24, 2.45) is 5.92 Å². The number of carbonyl (C=O) groups excluding carboxylic acids is 1. The van der Waals surface area contributed by atoms with Crippen LogP contribution in [-0.2, 0) is 34.6 Å². The van der Waals surface area contributed by atoms with Gasteiger partial charge in [-0.2, -0.15) is 0 Å². The molecular weight excluding hydrogens is 683 g/mol. The first kappa shape index (κ1) is 30.9. The molecule has 0 radical (unpaired) electrons. The maximum absolute atomic E-state index is 14.8. The van der Waals surface area contributed by atoms with Crippen LogP contribution in [0.25, 0.3) is 0 Å². The van der Waals surface area contributed by atoms with Crippen molar-refractivity contribution < 1.29 is 19.4 Å². The largest absolute Gasteiger partial charge is 0.497 e. The molecule has 0 aliphatic carbocycles. The Hall–Kier alpha value is -3.06. The molecule has 1 amide bonds. The van der Waals surface area contributed by atoms with Gasteiger partial charge in [-0.3, -0.25) is 9.48 Å². The number of nitrogens with zero attached hydrogens (tertiary/aromatic N) is 4. The minimum Gasteiger partial charge on any atom is -0.497 e. The van der Waals surface area contributed by atoms with Gasteiger partial charge in [0.15, 0.2) is 5.60 Å². The fourth-order valence-corrected chi connectivity index (χ4v) is 12.1. The van der Waals surface area contributed by atoms with E-state index >= 15 is 0 Å². The summed E-state index contributed by atoms with van der Waals surface area (Å²) >= 11 is 2.32. The van der Waals surface area contributed by atoms with Crippen molar-refractivity contribution in [1.29, 1.82) is 0 Å². The third kappa shape index (κ3) is 5.39. The number of ether oxygens (including phenoxy) is 2. The molecule has 1 aromatic heterocycles. The van der Waals surface area contributed by atoms with Crippen LogP contribution < -0.4 is 14.8 Å². The number of fused-ring (bicyclic) bond motifs is 2. The quantitative estimate of drug-likeness (QED) is 0.177. The first-order valence-corrected chi connectivity index (χ1v) is 19.3. The van der Waals surface area contributed by atoms with Crippen LogP contribution in [0, 0.1) is 9.49 Å². The lowest BCUT2D eigenvalue weighted by Crippen LogP contribution is -2.51. The summed E-state index contributed by atoms with van der Waals surface area (Å²) in [4.78, 5) is 16.7. The van der Waals surface area contributed by atoms with Gasteiger partial charge in [0.1, 0.15) is 5.75 Å². The van der Waals surface area contributed by atoms with Crippen molar-refractivity contribution in [3.63, 3.8) is 0 Å². The van der Waals surface area contributed by atoms with E-state index in [1.807, 2.05) is 46.1 Å². The number of para-hydroxylation sites is 1. The highest BCUT2D eigenvalue weighted by atomic mass is 127. The van der Waals surface area contributed by atoms with Gasteiger partial charge in [-0.25, -0.2) is 0 Å². The van der Waals surface area contributed by atoms with E-state index in [0.29, 0.717) is 25.9 Å². The zero-order valence-electron chi connectivity index (χ0n) is 25.6. The molecule has 230 valence electrons. The number of benzene rings is 3. The van der Waals surface area contributed by atoms with Crippen LogP contribution in [0.3, 0.4) is 0 Å². The summed E-state index contributed by atoms with van der Waals surface area (Å²) in [7, 11) is -0.546. The smallest absolute Gasteiger partial charge is 0.264 e. The van der Waals surface area contributed by atoms with Crippen LogP contribution in [0.5, 0.6) is 5.75 Å². The molecule has 3 aromatic carbocycles. The second-order valence-corrected chi connectivity index (χ2v) is 18.4. The topological polar surface area (TPSA) is 89.7 Å². The van der Waals surface area contributed by atoms with Gasteiger partial charge in [0.25, 0.3) is 5.91 Å². The highest BCUT2D eigenvalue weighted by molar-refractivity contribution is 14.1. The molecule has 2 aliphatic heterocycles. The molecule has 0 bridgehead atoms. The van der Waals surface area contributed by atoms with Crippen molar-refractivity contribution in [3.05, 3.63) is 99.4 Å². The van der Waals surface area contributed by atoms with Crippen molar-refractivity contribution in [2.45, 2.75) is 63.2 Å². The molecule has 4 aromatic rings. The number of hydrogen-bond donors (Lipinski definition) is 1.